The third kappa shape index (κ3) is 2.80. The lowest BCUT2D eigenvalue weighted by atomic mass is 9.96. The number of hydrogen-bond acceptors (Lipinski definition) is 7. The maximum atomic E-state index is 14.2. The molecule has 0 radical (unpaired) electrons. The first-order chi connectivity index (χ1) is 17.8. The summed E-state index contributed by atoms with van der Waals surface area (Å²) in [5.74, 6) is -1.68. The Morgan fingerprint density at radius 3 is 2.41 bits per heavy atom. The molecule has 4 heterocycles. The van der Waals surface area contributed by atoms with E-state index in [0.717, 1.165) is 0 Å². The van der Waals surface area contributed by atoms with Crippen LogP contribution in [-0.4, -0.2) is 72.8 Å². The molecule has 3 aromatic carbocycles. The number of hydrogen-bond donors (Lipinski definition) is 6. The number of halogens is 1. The third-order valence-electron chi connectivity index (χ3n) is 7.46. The molecule has 0 bridgehead atoms. The number of aromatic nitrogens is 2. The van der Waals surface area contributed by atoms with Gasteiger partial charge in [0.2, 0.25) is 0 Å². The molecule has 6 N–H and O–H groups in total. The fourth-order valence-electron chi connectivity index (χ4n) is 5.86. The summed E-state index contributed by atoms with van der Waals surface area (Å²) in [4.78, 5) is 29.3. The zero-order valence-corrected chi connectivity index (χ0v) is 19.0. The van der Waals surface area contributed by atoms with Crippen molar-refractivity contribution in [2.45, 2.75) is 30.6 Å². The lowest BCUT2D eigenvalue weighted by Gasteiger charge is -2.41. The molecule has 10 nitrogen and oxygen atoms in total. The molecule has 1 fully saturated rings. The Morgan fingerprint density at radius 1 is 0.919 bits per heavy atom. The molecule has 0 spiro atoms. The number of aliphatic hydroxyl groups excluding tert-OH is 4. The Kier molecular flexibility index (Phi) is 4.57. The summed E-state index contributed by atoms with van der Waals surface area (Å²) in [6, 6.07) is 11.0. The van der Waals surface area contributed by atoms with Gasteiger partial charge in [0.05, 0.1) is 34.3 Å². The molecule has 2 amide bonds. The number of benzene rings is 3. The van der Waals surface area contributed by atoms with Gasteiger partial charge in [-0.05, 0) is 24.3 Å². The first-order valence-electron chi connectivity index (χ1n) is 11.7. The molecule has 1 saturated heterocycles. The van der Waals surface area contributed by atoms with E-state index in [0.29, 0.717) is 43.6 Å². The number of carbonyl (C=O) groups excluding carboxylic acids is 2. The molecule has 5 aromatic rings. The molecular weight excluding hydrogens is 485 g/mol. The van der Waals surface area contributed by atoms with Gasteiger partial charge in [-0.25, -0.2) is 4.39 Å². The average Bonchev–Trinajstić information content (AvgIpc) is 3.51. The van der Waals surface area contributed by atoms with Gasteiger partial charge in [-0.2, -0.15) is 0 Å². The van der Waals surface area contributed by atoms with E-state index in [2.05, 4.69) is 10.3 Å². The van der Waals surface area contributed by atoms with Gasteiger partial charge in [-0.3, -0.25) is 14.9 Å². The number of imide groups is 1. The van der Waals surface area contributed by atoms with E-state index in [1.54, 1.807) is 28.8 Å². The minimum atomic E-state index is -1.64. The maximum Gasteiger partial charge on any atom is 0.259 e. The molecule has 0 aliphatic carbocycles. The predicted octanol–water partition coefficient (Wildman–Crippen LogP) is 1.42. The van der Waals surface area contributed by atoms with Crippen LogP contribution in [0.25, 0.3) is 43.6 Å². The highest BCUT2D eigenvalue weighted by atomic mass is 19.1. The molecule has 2 aromatic heterocycles. The van der Waals surface area contributed by atoms with Gasteiger partial charge in [0, 0.05) is 27.1 Å². The van der Waals surface area contributed by atoms with Gasteiger partial charge in [0.1, 0.15) is 30.2 Å². The first kappa shape index (κ1) is 22.3. The molecular formula is C26H20FN3O7. The van der Waals surface area contributed by atoms with Crippen molar-refractivity contribution in [3.05, 3.63) is 59.4 Å². The van der Waals surface area contributed by atoms with Crippen LogP contribution in [-0.2, 0) is 4.74 Å². The van der Waals surface area contributed by atoms with Gasteiger partial charge in [-0.1, -0.05) is 18.2 Å². The summed E-state index contributed by atoms with van der Waals surface area (Å²) < 4.78 is 21.6. The Balaban J connectivity index is 1.70. The van der Waals surface area contributed by atoms with Crippen LogP contribution in [0.5, 0.6) is 0 Å². The van der Waals surface area contributed by atoms with Gasteiger partial charge in [0.15, 0.2) is 6.23 Å². The van der Waals surface area contributed by atoms with Crippen LogP contribution >= 0.6 is 0 Å². The number of H-pyrrole nitrogens is 1. The summed E-state index contributed by atoms with van der Waals surface area (Å²) in [5, 5.41) is 45.9. The number of fused-ring (bicyclic) bond motifs is 10. The number of ether oxygens (including phenoxy) is 1. The predicted molar refractivity (Wildman–Crippen MR) is 130 cm³/mol. The molecule has 5 atom stereocenters. The molecule has 2 aliphatic rings. The minimum absolute atomic E-state index is 0.136. The number of aliphatic hydroxyl groups is 4. The largest absolute Gasteiger partial charge is 0.394 e. The summed E-state index contributed by atoms with van der Waals surface area (Å²) in [6.45, 7) is -0.619. The maximum absolute atomic E-state index is 14.2. The Labute approximate surface area is 206 Å². The van der Waals surface area contributed by atoms with Gasteiger partial charge in [0.25, 0.3) is 11.8 Å². The van der Waals surface area contributed by atoms with Crippen molar-refractivity contribution in [1.82, 2.24) is 14.9 Å². The second-order valence-corrected chi connectivity index (χ2v) is 9.43. The normalized spacial score (nSPS) is 26.0. The highest BCUT2D eigenvalue weighted by molar-refractivity contribution is 6.39. The van der Waals surface area contributed by atoms with Crippen LogP contribution in [0.3, 0.4) is 0 Å². The van der Waals surface area contributed by atoms with Crippen molar-refractivity contribution in [3.8, 4) is 0 Å². The summed E-state index contributed by atoms with van der Waals surface area (Å²) in [7, 11) is 0. The van der Waals surface area contributed by atoms with Crippen molar-refractivity contribution in [1.29, 1.82) is 0 Å². The van der Waals surface area contributed by atoms with E-state index in [1.807, 2.05) is 0 Å². The average molecular weight is 505 g/mol. The number of amides is 2. The van der Waals surface area contributed by atoms with Crippen LogP contribution in [0.1, 0.15) is 26.9 Å². The molecule has 2 aliphatic heterocycles. The lowest BCUT2D eigenvalue weighted by molar-refractivity contribution is -0.249. The Hall–Kier alpha value is -3.87. The van der Waals surface area contributed by atoms with Crippen LogP contribution < -0.4 is 5.32 Å². The molecule has 7 rings (SSSR count). The minimum Gasteiger partial charge on any atom is -0.394 e. The number of para-hydroxylation sites is 1. The third-order valence-corrected chi connectivity index (χ3v) is 7.46. The van der Waals surface area contributed by atoms with Crippen LogP contribution in [0.4, 0.5) is 4.39 Å². The van der Waals surface area contributed by atoms with Crippen molar-refractivity contribution in [3.63, 3.8) is 0 Å². The van der Waals surface area contributed by atoms with Crippen molar-refractivity contribution in [2.75, 3.05) is 6.61 Å². The SMILES string of the molecule is O=C1NC(=O)c2c1c1c3ccc(F)cc3[nH]c1c1c2c2ccccc2n1C1OC(CO)C(O)C(O)C1O. The van der Waals surface area contributed by atoms with E-state index in [1.165, 1.54) is 18.2 Å². The van der Waals surface area contributed by atoms with Gasteiger partial charge < -0.3 is 34.7 Å². The first-order valence-corrected chi connectivity index (χ1v) is 11.7. The monoisotopic (exact) mass is 505 g/mol. The van der Waals surface area contributed by atoms with Crippen molar-refractivity contribution < 1.29 is 39.1 Å². The number of carbonyl (C=O) groups is 2. The molecule has 188 valence electrons. The fraction of sp³-hybridized carbons (Fsp3) is 0.231. The van der Waals surface area contributed by atoms with E-state index >= 15 is 0 Å². The highest BCUT2D eigenvalue weighted by Crippen LogP contribution is 2.46. The van der Waals surface area contributed by atoms with E-state index in [-0.39, 0.29) is 11.1 Å². The molecule has 37 heavy (non-hydrogen) atoms. The van der Waals surface area contributed by atoms with Crippen molar-refractivity contribution >= 4 is 55.4 Å². The summed E-state index contributed by atoms with van der Waals surface area (Å²) >= 11 is 0. The summed E-state index contributed by atoms with van der Waals surface area (Å²) in [6.07, 6.45) is -7.28. The number of rotatable bonds is 2. The Morgan fingerprint density at radius 2 is 1.65 bits per heavy atom. The molecule has 0 saturated carbocycles. The highest BCUT2D eigenvalue weighted by Gasteiger charge is 2.46. The number of aromatic amines is 1. The quantitative estimate of drug-likeness (QED) is 0.198. The smallest absolute Gasteiger partial charge is 0.259 e. The van der Waals surface area contributed by atoms with Gasteiger partial charge >= 0.3 is 0 Å². The number of nitrogens with one attached hydrogen (secondary N) is 2. The second-order valence-electron chi connectivity index (χ2n) is 9.43. The van der Waals surface area contributed by atoms with Gasteiger partial charge in [-0.15, -0.1) is 0 Å². The Bertz CT molecular complexity index is 1810. The summed E-state index contributed by atoms with van der Waals surface area (Å²) in [5.41, 5.74) is 1.96. The van der Waals surface area contributed by atoms with E-state index in [9.17, 15) is 34.4 Å². The van der Waals surface area contributed by atoms with Crippen LogP contribution in [0, 0.1) is 5.82 Å². The van der Waals surface area contributed by atoms with E-state index in [4.69, 9.17) is 4.74 Å². The van der Waals surface area contributed by atoms with Crippen LogP contribution in [0.2, 0.25) is 0 Å². The van der Waals surface area contributed by atoms with E-state index < -0.39 is 54.9 Å². The molecule has 11 heteroatoms. The zero-order chi connectivity index (χ0) is 25.7. The topological polar surface area (TPSA) is 157 Å². The molecule has 5 unspecified atom stereocenters. The number of nitrogens with zero attached hydrogens (tertiary/aromatic N) is 1. The zero-order valence-electron chi connectivity index (χ0n) is 19.0. The lowest BCUT2D eigenvalue weighted by Crippen LogP contribution is -2.56. The fourth-order valence-corrected chi connectivity index (χ4v) is 5.86. The standard InChI is InChI=1S/C26H20FN3O7/c27-9-5-6-10-12(7-9)28-19-15(10)17-18(25(36)29-24(17)35)16-11-3-1-2-4-13(11)30(20(16)19)26-23(34)22(33)21(32)14(8-31)37-26/h1-7,14,21-23,26,28,31-34H,8H2,(H,29,35,36). The van der Waals surface area contributed by atoms with Crippen LogP contribution in [0.15, 0.2) is 42.5 Å². The second kappa shape index (κ2) is 7.57. The van der Waals surface area contributed by atoms with Crippen molar-refractivity contribution in [2.24, 2.45) is 0 Å².